The first-order chi connectivity index (χ1) is 8.02. The van der Waals surface area contributed by atoms with Crippen molar-refractivity contribution in [3.05, 3.63) is 0 Å². The number of carbonyl (C=O) groups excluding carboxylic acids is 1. The number of nitrogens with zero attached hydrogens (tertiary/aromatic N) is 2. The molecule has 0 aliphatic carbocycles. The summed E-state index contributed by atoms with van der Waals surface area (Å²) in [5.74, 6) is 1.26. The van der Waals surface area contributed by atoms with Crippen molar-refractivity contribution in [2.24, 2.45) is 11.7 Å². The van der Waals surface area contributed by atoms with E-state index in [2.05, 4.69) is 19.9 Å². The van der Waals surface area contributed by atoms with Crippen LogP contribution >= 0.6 is 11.8 Å². The highest BCUT2D eigenvalue weighted by molar-refractivity contribution is 7.98. The van der Waals surface area contributed by atoms with Crippen molar-refractivity contribution in [1.82, 2.24) is 4.90 Å². The first-order valence-corrected chi connectivity index (χ1v) is 7.32. The molecule has 0 aromatic carbocycles. The van der Waals surface area contributed by atoms with E-state index in [9.17, 15) is 4.79 Å². The Morgan fingerprint density at radius 2 is 2.18 bits per heavy atom. The van der Waals surface area contributed by atoms with E-state index in [0.29, 0.717) is 31.8 Å². The van der Waals surface area contributed by atoms with Crippen LogP contribution in [0.1, 0.15) is 26.7 Å². The smallest absolute Gasteiger partial charge is 0.239 e. The maximum atomic E-state index is 12.1. The van der Waals surface area contributed by atoms with E-state index >= 15 is 0 Å². The highest BCUT2D eigenvalue weighted by Gasteiger charge is 2.20. The number of carbonyl (C=O) groups is 1. The number of thioether (sulfide) groups is 1. The van der Waals surface area contributed by atoms with E-state index in [4.69, 9.17) is 11.0 Å². The largest absolute Gasteiger partial charge is 0.340 e. The van der Waals surface area contributed by atoms with Crippen molar-refractivity contribution in [3.8, 4) is 6.07 Å². The Kier molecular flexibility index (Phi) is 8.92. The molecule has 17 heavy (non-hydrogen) atoms. The van der Waals surface area contributed by atoms with E-state index in [1.807, 2.05) is 6.26 Å². The van der Waals surface area contributed by atoms with Crippen molar-refractivity contribution >= 4 is 17.7 Å². The van der Waals surface area contributed by atoms with Gasteiger partial charge in [-0.1, -0.05) is 13.8 Å². The monoisotopic (exact) mass is 257 g/mol. The summed E-state index contributed by atoms with van der Waals surface area (Å²) >= 11 is 1.69. The quantitative estimate of drug-likeness (QED) is 0.715. The normalized spacial score (nSPS) is 12.2. The molecule has 0 saturated heterocycles. The molecule has 0 aromatic heterocycles. The van der Waals surface area contributed by atoms with Gasteiger partial charge >= 0.3 is 0 Å². The molecule has 0 saturated carbocycles. The lowest BCUT2D eigenvalue weighted by atomic mass is 10.1. The standard InChI is InChI=1S/C12H23N3OS/c1-10(2)9-15(7-4-6-13)12(16)11(14)5-8-17-3/h10-11H,4-5,7-9,14H2,1-3H3/t11-/m1/s1. The van der Waals surface area contributed by atoms with Gasteiger partial charge in [0.2, 0.25) is 5.91 Å². The Labute approximate surface area is 109 Å². The Bertz CT molecular complexity index is 263. The zero-order chi connectivity index (χ0) is 13.3. The summed E-state index contributed by atoms with van der Waals surface area (Å²) in [6.45, 7) is 5.27. The van der Waals surface area contributed by atoms with Crippen LogP contribution in [0.25, 0.3) is 0 Å². The molecule has 4 nitrogen and oxygen atoms in total. The molecule has 0 rings (SSSR count). The summed E-state index contributed by atoms with van der Waals surface area (Å²) in [7, 11) is 0. The van der Waals surface area contributed by atoms with Crippen molar-refractivity contribution in [2.75, 3.05) is 25.1 Å². The Hall–Kier alpha value is -0.730. The number of nitriles is 1. The topological polar surface area (TPSA) is 70.1 Å². The number of hydrogen-bond acceptors (Lipinski definition) is 4. The molecule has 0 heterocycles. The van der Waals surface area contributed by atoms with Crippen LogP contribution in [0.4, 0.5) is 0 Å². The summed E-state index contributed by atoms with van der Waals surface area (Å²) in [5, 5.41) is 8.59. The molecule has 0 radical (unpaired) electrons. The van der Waals surface area contributed by atoms with Gasteiger partial charge in [0.25, 0.3) is 0 Å². The van der Waals surface area contributed by atoms with Crippen LogP contribution in [0.2, 0.25) is 0 Å². The third-order valence-corrected chi connectivity index (χ3v) is 2.98. The maximum Gasteiger partial charge on any atom is 0.239 e. The van der Waals surface area contributed by atoms with E-state index in [-0.39, 0.29) is 5.91 Å². The van der Waals surface area contributed by atoms with Crippen LogP contribution < -0.4 is 5.73 Å². The highest BCUT2D eigenvalue weighted by atomic mass is 32.2. The third-order valence-electron chi connectivity index (χ3n) is 2.34. The van der Waals surface area contributed by atoms with Gasteiger partial charge in [-0.15, -0.1) is 0 Å². The molecule has 0 spiro atoms. The van der Waals surface area contributed by atoms with Crippen LogP contribution in [-0.4, -0.2) is 41.9 Å². The summed E-state index contributed by atoms with van der Waals surface area (Å²) in [4.78, 5) is 13.8. The molecule has 1 amide bonds. The zero-order valence-electron chi connectivity index (χ0n) is 11.0. The Morgan fingerprint density at radius 3 is 2.65 bits per heavy atom. The maximum absolute atomic E-state index is 12.1. The van der Waals surface area contributed by atoms with Gasteiger partial charge in [0, 0.05) is 13.1 Å². The lowest BCUT2D eigenvalue weighted by molar-refractivity contribution is -0.133. The molecule has 2 N–H and O–H groups in total. The minimum absolute atomic E-state index is 0.0250. The van der Waals surface area contributed by atoms with Gasteiger partial charge in [0.15, 0.2) is 0 Å². The van der Waals surface area contributed by atoms with Crippen molar-refractivity contribution in [1.29, 1.82) is 5.26 Å². The van der Waals surface area contributed by atoms with Gasteiger partial charge in [-0.25, -0.2) is 0 Å². The molecule has 0 bridgehead atoms. The fraction of sp³-hybridized carbons (Fsp3) is 0.833. The number of nitrogens with two attached hydrogens (primary N) is 1. The number of rotatable bonds is 8. The first kappa shape index (κ1) is 16.3. The van der Waals surface area contributed by atoms with Gasteiger partial charge < -0.3 is 10.6 Å². The van der Waals surface area contributed by atoms with E-state index in [0.717, 1.165) is 5.75 Å². The molecule has 0 aliphatic rings. The fourth-order valence-electron chi connectivity index (χ4n) is 1.52. The summed E-state index contributed by atoms with van der Waals surface area (Å²) in [6.07, 6.45) is 3.06. The first-order valence-electron chi connectivity index (χ1n) is 5.93. The second kappa shape index (κ2) is 9.32. The fourth-order valence-corrected chi connectivity index (χ4v) is 2.01. The molecule has 0 fully saturated rings. The molecular formula is C12H23N3OS. The molecule has 5 heteroatoms. The van der Waals surface area contributed by atoms with Crippen LogP contribution in [0.3, 0.4) is 0 Å². The van der Waals surface area contributed by atoms with Gasteiger partial charge in [-0.05, 0) is 24.3 Å². The predicted octanol–water partition coefficient (Wildman–Crippen LogP) is 1.47. The minimum Gasteiger partial charge on any atom is -0.340 e. The number of hydrogen-bond donors (Lipinski definition) is 1. The van der Waals surface area contributed by atoms with Crippen molar-refractivity contribution < 1.29 is 4.79 Å². The Morgan fingerprint density at radius 1 is 1.53 bits per heavy atom. The van der Waals surface area contributed by atoms with Gasteiger partial charge in [0.05, 0.1) is 18.5 Å². The van der Waals surface area contributed by atoms with Crippen molar-refractivity contribution in [2.45, 2.75) is 32.7 Å². The molecule has 1 atom stereocenters. The van der Waals surface area contributed by atoms with Crippen molar-refractivity contribution in [3.63, 3.8) is 0 Å². The Balaban J connectivity index is 4.34. The molecule has 0 aromatic rings. The lowest BCUT2D eigenvalue weighted by Crippen LogP contribution is -2.45. The van der Waals surface area contributed by atoms with Gasteiger partial charge in [-0.2, -0.15) is 17.0 Å². The zero-order valence-corrected chi connectivity index (χ0v) is 11.8. The van der Waals surface area contributed by atoms with Crippen LogP contribution in [-0.2, 0) is 4.79 Å². The SMILES string of the molecule is CSCC[C@@H](N)C(=O)N(CCC#N)CC(C)C. The molecule has 0 aliphatic heterocycles. The van der Waals surface area contributed by atoms with Crippen LogP contribution in [0.5, 0.6) is 0 Å². The minimum atomic E-state index is -0.431. The van der Waals surface area contributed by atoms with E-state index in [1.54, 1.807) is 16.7 Å². The van der Waals surface area contributed by atoms with E-state index < -0.39 is 6.04 Å². The van der Waals surface area contributed by atoms with E-state index in [1.165, 1.54) is 0 Å². The van der Waals surface area contributed by atoms with Crippen LogP contribution in [0.15, 0.2) is 0 Å². The predicted molar refractivity (Wildman–Crippen MR) is 72.6 cm³/mol. The summed E-state index contributed by atoms with van der Waals surface area (Å²) in [6, 6.07) is 1.64. The van der Waals surface area contributed by atoms with Gasteiger partial charge in [0.1, 0.15) is 0 Å². The molecule has 0 unspecified atom stereocenters. The number of amides is 1. The van der Waals surface area contributed by atoms with Crippen LogP contribution in [0, 0.1) is 17.2 Å². The second-order valence-corrected chi connectivity index (χ2v) is 5.46. The summed E-state index contributed by atoms with van der Waals surface area (Å²) in [5.41, 5.74) is 5.86. The highest BCUT2D eigenvalue weighted by Crippen LogP contribution is 2.06. The second-order valence-electron chi connectivity index (χ2n) is 4.47. The molecular weight excluding hydrogens is 234 g/mol. The molecule has 98 valence electrons. The lowest BCUT2D eigenvalue weighted by Gasteiger charge is -2.26. The average molecular weight is 257 g/mol. The van der Waals surface area contributed by atoms with Gasteiger partial charge in [-0.3, -0.25) is 4.79 Å². The summed E-state index contributed by atoms with van der Waals surface area (Å²) < 4.78 is 0. The third kappa shape index (κ3) is 7.24. The average Bonchev–Trinajstić information content (AvgIpc) is 2.29.